The van der Waals surface area contributed by atoms with Crippen molar-refractivity contribution in [3.63, 3.8) is 0 Å². The van der Waals surface area contributed by atoms with Crippen LogP contribution in [0.25, 0.3) is 0 Å². The highest BCUT2D eigenvalue weighted by molar-refractivity contribution is 4.88. The van der Waals surface area contributed by atoms with Crippen LogP contribution in [0.1, 0.15) is 73.1 Å². The fourth-order valence-electron chi connectivity index (χ4n) is 3.35. The van der Waals surface area contributed by atoms with Gasteiger partial charge in [-0.15, -0.1) is 0 Å². The van der Waals surface area contributed by atoms with E-state index in [2.05, 4.69) is 27.7 Å². The molecule has 0 aromatic carbocycles. The van der Waals surface area contributed by atoms with Gasteiger partial charge >= 0.3 is 0 Å². The molecule has 1 heteroatoms. The predicted octanol–water partition coefficient (Wildman–Crippen LogP) is 4.39. The second-order valence-electron chi connectivity index (χ2n) is 6.85. The summed E-state index contributed by atoms with van der Waals surface area (Å²) in [6.07, 6.45) is 7.14. The van der Waals surface area contributed by atoms with Crippen molar-refractivity contribution in [2.45, 2.75) is 78.7 Å². The molecule has 0 aromatic rings. The summed E-state index contributed by atoms with van der Waals surface area (Å²) in [7, 11) is 0. The largest absolute Gasteiger partial charge is 0.390 e. The highest BCUT2D eigenvalue weighted by Gasteiger charge is 2.37. The SMILES string of the molecule is CCC(C)(O)CCC1C(C)CCCC1(C)C. The smallest absolute Gasteiger partial charge is 0.0617 e. The van der Waals surface area contributed by atoms with Gasteiger partial charge in [-0.25, -0.2) is 0 Å². The Morgan fingerprint density at radius 2 is 2.00 bits per heavy atom. The monoisotopic (exact) mass is 226 g/mol. The third-order valence-corrected chi connectivity index (χ3v) is 4.93. The zero-order valence-corrected chi connectivity index (χ0v) is 11.8. The molecule has 0 radical (unpaired) electrons. The van der Waals surface area contributed by atoms with Gasteiger partial charge in [-0.05, 0) is 49.9 Å². The molecule has 16 heavy (non-hydrogen) atoms. The fraction of sp³-hybridized carbons (Fsp3) is 1.00. The van der Waals surface area contributed by atoms with Crippen LogP contribution in [0.5, 0.6) is 0 Å². The van der Waals surface area contributed by atoms with E-state index in [0.29, 0.717) is 5.41 Å². The van der Waals surface area contributed by atoms with Gasteiger partial charge in [-0.1, -0.05) is 40.5 Å². The molecule has 1 fully saturated rings. The zero-order chi connectivity index (χ0) is 12.4. The van der Waals surface area contributed by atoms with Crippen molar-refractivity contribution in [3.8, 4) is 0 Å². The highest BCUT2D eigenvalue weighted by Crippen LogP contribution is 2.46. The van der Waals surface area contributed by atoms with E-state index < -0.39 is 5.60 Å². The summed E-state index contributed by atoms with van der Waals surface area (Å²) in [6, 6.07) is 0. The molecule has 0 bridgehead atoms. The average Bonchev–Trinajstić information content (AvgIpc) is 2.16. The summed E-state index contributed by atoms with van der Waals surface area (Å²) >= 11 is 0. The molecule has 1 N–H and O–H groups in total. The standard InChI is InChI=1S/C15H30O/c1-6-15(5,16)11-9-13-12(2)8-7-10-14(13,3)4/h12-13,16H,6-11H2,1-5H3. The summed E-state index contributed by atoms with van der Waals surface area (Å²) in [4.78, 5) is 0. The van der Waals surface area contributed by atoms with Crippen molar-refractivity contribution in [2.75, 3.05) is 0 Å². The first-order valence-corrected chi connectivity index (χ1v) is 7.01. The van der Waals surface area contributed by atoms with Crippen LogP contribution in [-0.2, 0) is 0 Å². The van der Waals surface area contributed by atoms with Crippen LogP contribution in [0, 0.1) is 17.3 Å². The van der Waals surface area contributed by atoms with Crippen molar-refractivity contribution in [2.24, 2.45) is 17.3 Å². The molecule has 1 nitrogen and oxygen atoms in total. The van der Waals surface area contributed by atoms with Gasteiger partial charge in [-0.3, -0.25) is 0 Å². The molecule has 1 aliphatic rings. The highest BCUT2D eigenvalue weighted by atomic mass is 16.3. The number of hydrogen-bond acceptors (Lipinski definition) is 1. The second kappa shape index (κ2) is 5.08. The molecule has 0 aromatic heterocycles. The fourth-order valence-corrected chi connectivity index (χ4v) is 3.35. The van der Waals surface area contributed by atoms with Crippen LogP contribution in [0.3, 0.4) is 0 Å². The Hall–Kier alpha value is -0.0400. The van der Waals surface area contributed by atoms with Gasteiger partial charge in [0, 0.05) is 0 Å². The molecular formula is C15H30O. The van der Waals surface area contributed by atoms with Crippen molar-refractivity contribution in [1.82, 2.24) is 0 Å². The first-order valence-electron chi connectivity index (χ1n) is 7.01. The summed E-state index contributed by atoms with van der Waals surface area (Å²) in [5, 5.41) is 10.1. The average molecular weight is 226 g/mol. The van der Waals surface area contributed by atoms with Gasteiger partial charge in [0.15, 0.2) is 0 Å². The van der Waals surface area contributed by atoms with Crippen LogP contribution in [0.4, 0.5) is 0 Å². The zero-order valence-electron chi connectivity index (χ0n) is 11.8. The van der Waals surface area contributed by atoms with E-state index in [-0.39, 0.29) is 0 Å². The minimum Gasteiger partial charge on any atom is -0.390 e. The Morgan fingerprint density at radius 3 is 2.50 bits per heavy atom. The molecule has 1 rings (SSSR count). The number of rotatable bonds is 4. The maximum atomic E-state index is 10.1. The van der Waals surface area contributed by atoms with Crippen LogP contribution < -0.4 is 0 Å². The van der Waals surface area contributed by atoms with E-state index >= 15 is 0 Å². The van der Waals surface area contributed by atoms with Crippen LogP contribution >= 0.6 is 0 Å². The van der Waals surface area contributed by atoms with E-state index in [1.165, 1.54) is 25.7 Å². The Labute approximate surface area is 102 Å². The minimum absolute atomic E-state index is 0.451. The third kappa shape index (κ3) is 3.48. The van der Waals surface area contributed by atoms with E-state index in [9.17, 15) is 5.11 Å². The molecular weight excluding hydrogens is 196 g/mol. The van der Waals surface area contributed by atoms with Crippen molar-refractivity contribution >= 4 is 0 Å². The van der Waals surface area contributed by atoms with Gasteiger partial charge in [0.25, 0.3) is 0 Å². The van der Waals surface area contributed by atoms with E-state index in [4.69, 9.17) is 0 Å². The van der Waals surface area contributed by atoms with Crippen LogP contribution in [0.15, 0.2) is 0 Å². The number of hydrogen-bond donors (Lipinski definition) is 1. The Morgan fingerprint density at radius 1 is 1.38 bits per heavy atom. The molecule has 0 heterocycles. The molecule has 3 atom stereocenters. The Kier molecular flexibility index (Phi) is 4.45. The van der Waals surface area contributed by atoms with Crippen LogP contribution in [0.2, 0.25) is 0 Å². The lowest BCUT2D eigenvalue weighted by Gasteiger charge is -2.44. The lowest BCUT2D eigenvalue weighted by atomic mass is 9.62. The molecule has 3 unspecified atom stereocenters. The van der Waals surface area contributed by atoms with Gasteiger partial charge in [-0.2, -0.15) is 0 Å². The maximum absolute atomic E-state index is 10.1. The molecule has 0 saturated heterocycles. The van der Waals surface area contributed by atoms with Crippen molar-refractivity contribution in [1.29, 1.82) is 0 Å². The van der Waals surface area contributed by atoms with Crippen LogP contribution in [-0.4, -0.2) is 10.7 Å². The lowest BCUT2D eigenvalue weighted by molar-refractivity contribution is 0.0123. The van der Waals surface area contributed by atoms with Crippen molar-refractivity contribution in [3.05, 3.63) is 0 Å². The molecule has 1 saturated carbocycles. The summed E-state index contributed by atoms with van der Waals surface area (Å²) in [5.41, 5.74) is 0.0226. The first kappa shape index (κ1) is 14.0. The Bertz CT molecular complexity index is 217. The topological polar surface area (TPSA) is 20.2 Å². The third-order valence-electron chi connectivity index (χ3n) is 4.93. The summed E-state index contributed by atoms with van der Waals surface area (Å²) < 4.78 is 0. The van der Waals surface area contributed by atoms with E-state index in [0.717, 1.165) is 24.7 Å². The van der Waals surface area contributed by atoms with Gasteiger partial charge in [0.05, 0.1) is 5.60 Å². The van der Waals surface area contributed by atoms with E-state index in [1.54, 1.807) is 0 Å². The first-order chi connectivity index (χ1) is 7.28. The maximum Gasteiger partial charge on any atom is 0.0617 e. The molecule has 0 aliphatic heterocycles. The molecule has 0 spiro atoms. The normalized spacial score (nSPS) is 33.4. The second-order valence-corrected chi connectivity index (χ2v) is 6.85. The quantitative estimate of drug-likeness (QED) is 0.753. The molecule has 0 amide bonds. The summed E-state index contributed by atoms with van der Waals surface area (Å²) in [5.74, 6) is 1.62. The molecule has 96 valence electrons. The lowest BCUT2D eigenvalue weighted by Crippen LogP contribution is -2.35. The van der Waals surface area contributed by atoms with Gasteiger partial charge in [0.1, 0.15) is 0 Å². The van der Waals surface area contributed by atoms with E-state index in [1.807, 2.05) is 6.92 Å². The summed E-state index contributed by atoms with van der Waals surface area (Å²) in [6.45, 7) is 11.3. The van der Waals surface area contributed by atoms with Crippen molar-refractivity contribution < 1.29 is 5.11 Å². The van der Waals surface area contributed by atoms with Gasteiger partial charge in [0.2, 0.25) is 0 Å². The molecule has 1 aliphatic carbocycles. The predicted molar refractivity (Wildman–Crippen MR) is 70.4 cm³/mol. The minimum atomic E-state index is -0.451. The Balaban J connectivity index is 2.56. The van der Waals surface area contributed by atoms with Gasteiger partial charge < -0.3 is 5.11 Å². The number of aliphatic hydroxyl groups is 1.